The fourth-order valence-corrected chi connectivity index (χ4v) is 12.3. The van der Waals surface area contributed by atoms with Gasteiger partial charge in [0.1, 0.15) is 0 Å². The van der Waals surface area contributed by atoms with Crippen LogP contribution in [0.4, 0.5) is 0 Å². The maximum absolute atomic E-state index is 14.0. The lowest BCUT2D eigenvalue weighted by Crippen LogP contribution is -2.55. The number of allylic oxidation sites excluding steroid dienone is 6. The van der Waals surface area contributed by atoms with E-state index >= 15 is 0 Å². The van der Waals surface area contributed by atoms with E-state index in [1.165, 1.54) is 49.8 Å². The summed E-state index contributed by atoms with van der Waals surface area (Å²) in [7, 11) is 9.21. The van der Waals surface area contributed by atoms with Crippen molar-refractivity contribution in [3.05, 3.63) is 34.3 Å². The first kappa shape index (κ1) is 55.2. The average Bonchev–Trinajstić information content (AvgIpc) is 3.95. The van der Waals surface area contributed by atoms with Gasteiger partial charge in [0.2, 0.25) is 0 Å². The standard InChI is InChI=1S/C52H74N4O14/c1-28-43-31(17-20-37(58)65-10)48(3,4)35(54-43)25-34-30(16-19-36(57)64-9)50(6,26-41(62)69-14)46(53-34)29(2)44-32(18-21-38(59)66-11)51(7,27-42(63)70-15)52(8,56-44)47-33(24-40(61)68-13)49(5,45(28)55-47)23-22-39(60)67-12/h25,30-33,47,53H,16-24,26-27H2,1-15H3/b34-25?,43-28?,46-29-/t30-,31-,32-,33+,47-,49-,50+,51+,52+/m1/s1. The molecule has 0 aromatic heterocycles. The molecule has 0 aromatic rings. The number of hydrogen-bond donors (Lipinski definition) is 1. The van der Waals surface area contributed by atoms with E-state index in [1.807, 2.05) is 47.6 Å². The summed E-state index contributed by atoms with van der Waals surface area (Å²) in [5.74, 6) is -5.67. The Morgan fingerprint density at radius 1 is 0.586 bits per heavy atom. The quantitative estimate of drug-likeness (QED) is 0.113. The summed E-state index contributed by atoms with van der Waals surface area (Å²) >= 11 is 0. The molecule has 5 heterocycles. The Hall–Kier alpha value is -5.68. The molecule has 1 saturated heterocycles. The third kappa shape index (κ3) is 9.97. The average molecular weight is 979 g/mol. The zero-order valence-corrected chi connectivity index (χ0v) is 43.8. The van der Waals surface area contributed by atoms with Crippen molar-refractivity contribution >= 4 is 58.9 Å². The van der Waals surface area contributed by atoms with Crippen LogP contribution in [0.15, 0.2) is 49.3 Å². The molecular formula is C52H74N4O14. The molecule has 1 fully saturated rings. The number of methoxy groups -OCH3 is 7. The molecule has 5 aliphatic rings. The molecular weight excluding hydrogens is 905 g/mol. The fourth-order valence-electron chi connectivity index (χ4n) is 12.3. The number of aliphatic imine (C=N–C) groups is 3. The SMILES string of the molecule is COC(=O)CC[C@@H]1C2=C(C)C3=N[C@H]([C@H](CC(=O)OC)[C@@]3(C)CCC(=O)OC)[C@]3(C)N=C(/C(C)=C4\NC(=CC(=N2)C1(C)C)[C@@H](CCC(=O)OC)[C@]4(C)CC(=O)OC)[C@@H](CCC(=O)OC)[C@]3(C)CC(=O)OC. The number of nitrogens with zero attached hydrogens (tertiary/aromatic N) is 3. The summed E-state index contributed by atoms with van der Waals surface area (Å²) in [6, 6.07) is -0.888. The second kappa shape index (κ2) is 21.4. The van der Waals surface area contributed by atoms with Crippen molar-refractivity contribution in [1.29, 1.82) is 0 Å². The summed E-state index contributed by atoms with van der Waals surface area (Å²) in [4.78, 5) is 111. The van der Waals surface area contributed by atoms with Gasteiger partial charge < -0.3 is 38.5 Å². The van der Waals surface area contributed by atoms with E-state index in [0.29, 0.717) is 51.8 Å². The monoisotopic (exact) mass is 979 g/mol. The Bertz CT molecular complexity index is 2340. The molecule has 18 heteroatoms. The van der Waals surface area contributed by atoms with E-state index in [-0.39, 0.29) is 64.2 Å². The van der Waals surface area contributed by atoms with Crippen LogP contribution < -0.4 is 5.32 Å². The molecule has 0 aromatic carbocycles. The van der Waals surface area contributed by atoms with Crippen LogP contribution in [0.1, 0.15) is 126 Å². The summed E-state index contributed by atoms with van der Waals surface area (Å²) in [6.07, 6.45) is 2.42. The van der Waals surface area contributed by atoms with Gasteiger partial charge in [-0.15, -0.1) is 0 Å². The zero-order chi connectivity index (χ0) is 52.3. The molecule has 8 bridgehead atoms. The van der Waals surface area contributed by atoms with Crippen molar-refractivity contribution < 1.29 is 66.7 Å². The molecule has 0 radical (unpaired) electrons. The first-order valence-electron chi connectivity index (χ1n) is 24.0. The Labute approximate surface area is 411 Å². The van der Waals surface area contributed by atoms with Crippen molar-refractivity contribution in [2.45, 2.75) is 138 Å². The molecule has 0 spiro atoms. The number of fused-ring (bicyclic) bond motifs is 6. The maximum atomic E-state index is 14.0. The molecule has 386 valence electrons. The number of hydrogen-bond acceptors (Lipinski definition) is 18. The maximum Gasteiger partial charge on any atom is 0.306 e. The minimum absolute atomic E-state index is 0.0103. The van der Waals surface area contributed by atoms with Crippen LogP contribution in [-0.4, -0.2) is 120 Å². The van der Waals surface area contributed by atoms with Crippen molar-refractivity contribution in [1.82, 2.24) is 5.32 Å². The van der Waals surface area contributed by atoms with Gasteiger partial charge in [0.15, 0.2) is 0 Å². The predicted octanol–water partition coefficient (Wildman–Crippen LogP) is 6.54. The minimum atomic E-state index is -1.37. The third-order valence-electron chi connectivity index (χ3n) is 16.8. The van der Waals surface area contributed by atoms with E-state index in [9.17, 15) is 33.6 Å². The summed E-state index contributed by atoms with van der Waals surface area (Å²) < 4.78 is 36.8. The molecule has 0 amide bonds. The Morgan fingerprint density at radius 3 is 1.60 bits per heavy atom. The third-order valence-corrected chi connectivity index (χ3v) is 16.8. The highest BCUT2D eigenvalue weighted by Gasteiger charge is 2.66. The lowest BCUT2D eigenvalue weighted by molar-refractivity contribution is -0.147. The Morgan fingerprint density at radius 2 is 1.07 bits per heavy atom. The number of carbonyl (C=O) groups excluding carboxylic acids is 7. The van der Waals surface area contributed by atoms with Crippen LogP contribution in [-0.2, 0) is 66.7 Å². The van der Waals surface area contributed by atoms with Gasteiger partial charge in [0, 0.05) is 105 Å². The van der Waals surface area contributed by atoms with Crippen LogP contribution in [0, 0.1) is 45.3 Å². The van der Waals surface area contributed by atoms with Crippen LogP contribution >= 0.6 is 0 Å². The second-order valence-electron chi connectivity index (χ2n) is 20.7. The molecule has 0 aliphatic carbocycles. The molecule has 70 heavy (non-hydrogen) atoms. The van der Waals surface area contributed by atoms with Gasteiger partial charge in [-0.05, 0) is 63.7 Å². The highest BCUT2D eigenvalue weighted by Crippen LogP contribution is 2.62. The van der Waals surface area contributed by atoms with E-state index in [0.717, 1.165) is 0 Å². The number of carbonyl (C=O) groups is 7. The lowest BCUT2D eigenvalue weighted by atomic mass is 9.55. The van der Waals surface area contributed by atoms with Gasteiger partial charge in [0.25, 0.3) is 0 Å². The van der Waals surface area contributed by atoms with E-state index in [4.69, 9.17) is 48.1 Å². The highest BCUT2D eigenvalue weighted by atomic mass is 16.5. The lowest BCUT2D eigenvalue weighted by Gasteiger charge is -2.48. The molecule has 0 unspecified atom stereocenters. The first-order chi connectivity index (χ1) is 32.8. The molecule has 5 rings (SSSR count). The second-order valence-corrected chi connectivity index (χ2v) is 20.7. The summed E-state index contributed by atoms with van der Waals surface area (Å²) in [6.45, 7) is 15.7. The number of rotatable bonds is 18. The van der Waals surface area contributed by atoms with Crippen LogP contribution in [0.2, 0.25) is 0 Å². The molecule has 0 saturated carbocycles. The minimum Gasteiger partial charge on any atom is -0.469 e. The Kier molecular flexibility index (Phi) is 16.9. The van der Waals surface area contributed by atoms with Crippen molar-refractivity contribution in [2.24, 2.45) is 60.3 Å². The number of esters is 7. The van der Waals surface area contributed by atoms with Crippen LogP contribution in [0.5, 0.6) is 0 Å². The van der Waals surface area contributed by atoms with Gasteiger partial charge in [-0.1, -0.05) is 34.6 Å². The normalized spacial score (nSPS) is 31.7. The summed E-state index contributed by atoms with van der Waals surface area (Å²) in [5.41, 5.74) is -0.483. The van der Waals surface area contributed by atoms with Gasteiger partial charge in [-0.25, -0.2) is 0 Å². The van der Waals surface area contributed by atoms with Crippen LogP contribution in [0.3, 0.4) is 0 Å². The zero-order valence-electron chi connectivity index (χ0n) is 43.8. The van der Waals surface area contributed by atoms with Gasteiger partial charge in [-0.2, -0.15) is 0 Å². The number of ether oxygens (including phenoxy) is 7. The van der Waals surface area contributed by atoms with Crippen LogP contribution in [0.25, 0.3) is 0 Å². The van der Waals surface area contributed by atoms with E-state index < -0.39 is 98.7 Å². The highest BCUT2D eigenvalue weighted by molar-refractivity contribution is 6.10. The van der Waals surface area contributed by atoms with E-state index in [2.05, 4.69) is 19.2 Å². The fraction of sp³-hybridized carbons (Fsp3) is 0.692. The summed E-state index contributed by atoms with van der Waals surface area (Å²) in [5, 5.41) is 3.73. The van der Waals surface area contributed by atoms with Gasteiger partial charge in [0.05, 0.1) is 80.6 Å². The van der Waals surface area contributed by atoms with Gasteiger partial charge >= 0.3 is 41.8 Å². The van der Waals surface area contributed by atoms with E-state index in [1.54, 1.807) is 0 Å². The molecule has 18 nitrogen and oxygen atoms in total. The number of nitrogens with one attached hydrogen (secondary N) is 1. The molecule has 9 atom stereocenters. The van der Waals surface area contributed by atoms with Crippen molar-refractivity contribution in [3.8, 4) is 0 Å². The largest absolute Gasteiger partial charge is 0.469 e. The molecule has 5 aliphatic heterocycles. The Balaban J connectivity index is 2.05. The van der Waals surface area contributed by atoms with Crippen molar-refractivity contribution in [3.63, 3.8) is 0 Å². The van der Waals surface area contributed by atoms with Crippen molar-refractivity contribution in [2.75, 3.05) is 49.8 Å². The predicted molar refractivity (Wildman–Crippen MR) is 258 cm³/mol. The first-order valence-corrected chi connectivity index (χ1v) is 24.0. The topological polar surface area (TPSA) is 233 Å². The van der Waals surface area contributed by atoms with Gasteiger partial charge in [-0.3, -0.25) is 48.5 Å². The smallest absolute Gasteiger partial charge is 0.306 e. The molecule has 1 N–H and O–H groups in total.